The van der Waals surface area contributed by atoms with Crippen molar-refractivity contribution in [2.75, 3.05) is 26.4 Å². The van der Waals surface area contributed by atoms with Crippen molar-refractivity contribution >= 4 is 31.7 Å². The third kappa shape index (κ3) is 52.5. The van der Waals surface area contributed by atoms with Gasteiger partial charge in [0.1, 0.15) is 92.6 Å². The van der Waals surface area contributed by atoms with Crippen LogP contribution in [0.25, 0.3) is 0 Å². The number of phosphoric ester groups is 1. The van der Waals surface area contributed by atoms with E-state index < -0.39 is 162 Å². The minimum atomic E-state index is -5.81. The SMILES string of the molecule is CCCCCCCC/C=C\CCCCCC(=O)OCC1OC(OC2C(OC(=O)CCCCCCCCCCCCCCCCCC)C(O)C(O)C(OC3OC(CO)C(O)C(O)C3O)C2OP(=O)(O)OCC(COC(=O)CCCCCCCCCCCCCCCCCC)OC(=O)CCCCCCCCCCCCCCCCCC)C(O)C(O)C1O. The summed E-state index contributed by atoms with van der Waals surface area (Å²) >= 11 is 0. The van der Waals surface area contributed by atoms with Crippen molar-refractivity contribution in [1.29, 1.82) is 0 Å². The highest BCUT2D eigenvalue weighted by Crippen LogP contribution is 2.49. The lowest BCUT2D eigenvalue weighted by atomic mass is 9.84. The Bertz CT molecular complexity index is 2530. The number of allylic oxidation sites excluding steroid dienone is 2. The lowest BCUT2D eigenvalue weighted by Crippen LogP contribution is -2.70. The van der Waals surface area contributed by atoms with Crippen LogP contribution in [-0.4, -0.2) is 205 Å². The Morgan fingerprint density at radius 2 is 0.625 bits per heavy atom. The van der Waals surface area contributed by atoms with Crippen molar-refractivity contribution in [3.8, 4) is 0 Å². The first kappa shape index (κ1) is 111. The third-order valence-electron chi connectivity index (χ3n) is 24.0. The van der Waals surface area contributed by atoms with E-state index in [0.29, 0.717) is 38.5 Å². The van der Waals surface area contributed by atoms with Gasteiger partial charge in [-0.3, -0.25) is 28.2 Å². The van der Waals surface area contributed by atoms with Gasteiger partial charge in [-0.25, -0.2) is 4.57 Å². The fraction of sp³-hybridized carbons (Fsp3) is 0.936. The van der Waals surface area contributed by atoms with Gasteiger partial charge in [-0.1, -0.05) is 367 Å². The van der Waals surface area contributed by atoms with E-state index in [-0.39, 0.29) is 25.7 Å². The van der Waals surface area contributed by atoms with E-state index in [0.717, 1.165) is 122 Å². The van der Waals surface area contributed by atoms with E-state index in [4.69, 9.17) is 46.9 Å². The maximum atomic E-state index is 14.9. The summed E-state index contributed by atoms with van der Waals surface area (Å²) < 4.78 is 73.6. The van der Waals surface area contributed by atoms with Gasteiger partial charge in [0.05, 0.1) is 13.2 Å². The van der Waals surface area contributed by atoms with Crippen molar-refractivity contribution in [1.82, 2.24) is 0 Å². The molecule has 2 saturated heterocycles. The summed E-state index contributed by atoms with van der Waals surface area (Å²) in [6.45, 7) is 5.63. The highest BCUT2D eigenvalue weighted by molar-refractivity contribution is 7.47. The molecule has 0 bridgehead atoms. The fourth-order valence-corrected chi connectivity index (χ4v) is 17.2. The van der Waals surface area contributed by atoms with E-state index in [1.54, 1.807) is 0 Å². The molecule has 0 amide bonds. The number of hydrogen-bond acceptors (Lipinski definition) is 24. The van der Waals surface area contributed by atoms with Crippen LogP contribution < -0.4 is 0 Å². The number of hydrogen-bond donors (Lipinski definition) is 10. The Hall–Kier alpha value is -2.79. The van der Waals surface area contributed by atoms with Gasteiger partial charge >= 0.3 is 31.7 Å². The van der Waals surface area contributed by atoms with E-state index in [1.807, 2.05) is 0 Å². The minimum Gasteiger partial charge on any atom is -0.463 e. The first-order chi connectivity index (χ1) is 58.2. The number of aliphatic hydroxyl groups is 9. The molecule has 10 N–H and O–H groups in total. The molecular weight excluding hydrogens is 1560 g/mol. The number of esters is 4. The molecule has 3 rings (SSSR count). The average molecular weight is 1740 g/mol. The van der Waals surface area contributed by atoms with Crippen LogP contribution in [0, 0.1) is 0 Å². The summed E-state index contributed by atoms with van der Waals surface area (Å²) in [5.41, 5.74) is 0. The summed E-state index contributed by atoms with van der Waals surface area (Å²) in [7, 11) is -5.81. The van der Waals surface area contributed by atoms with Gasteiger partial charge in [0.25, 0.3) is 0 Å². The van der Waals surface area contributed by atoms with Crippen molar-refractivity contribution < 1.29 is 122 Å². The van der Waals surface area contributed by atoms with E-state index >= 15 is 0 Å². The first-order valence-electron chi connectivity index (χ1n) is 48.9. The van der Waals surface area contributed by atoms with Gasteiger partial charge in [-0.2, -0.15) is 0 Å². The van der Waals surface area contributed by atoms with Gasteiger partial charge in [0, 0.05) is 25.7 Å². The highest BCUT2D eigenvalue weighted by atomic mass is 31.2. The monoisotopic (exact) mass is 1740 g/mol. The molecular formula is C94H175O25P. The Labute approximate surface area is 724 Å². The van der Waals surface area contributed by atoms with Crippen LogP contribution in [0.15, 0.2) is 12.2 Å². The predicted molar refractivity (Wildman–Crippen MR) is 467 cm³/mol. The summed E-state index contributed by atoms with van der Waals surface area (Å²) in [6, 6.07) is 0. The second-order valence-electron chi connectivity index (χ2n) is 34.9. The largest absolute Gasteiger partial charge is 0.472 e. The molecule has 1 aliphatic carbocycles. The maximum Gasteiger partial charge on any atom is 0.472 e. The van der Waals surface area contributed by atoms with Crippen LogP contribution >= 0.6 is 7.82 Å². The zero-order valence-electron chi connectivity index (χ0n) is 75.4. The number of rotatable bonds is 80. The number of carbonyl (C=O) groups is 4. The topological polar surface area (TPSA) is 380 Å². The first-order valence-corrected chi connectivity index (χ1v) is 50.4. The molecule has 3 aliphatic rings. The molecule has 0 aromatic heterocycles. The molecule has 1 saturated carbocycles. The van der Waals surface area contributed by atoms with Crippen LogP contribution in [0.4, 0.5) is 0 Å². The molecule has 0 aromatic rings. The van der Waals surface area contributed by atoms with Gasteiger partial charge in [-0.15, -0.1) is 0 Å². The van der Waals surface area contributed by atoms with Crippen molar-refractivity contribution in [2.24, 2.45) is 0 Å². The standard InChI is InChI=1S/C94H175O25P/c1-5-9-13-17-21-25-29-33-36-39-43-47-50-54-58-62-66-77(96)110-71-74(113-79(98)68-64-60-56-52-48-44-40-37-34-30-26-22-18-14-10-6-2)72-112-120(108,109)119-92-90(117-93-87(106)83(102)81(100)75(70-95)114-93)86(105)85(104)89(116-80(99)69-65-61-57-53-49-45-41-38-35-31-27-23-19-15-11-7-3)91(92)118-94-88(107)84(103)82(101)76(115-94)73-111-78(97)67-63-59-55-51-46-42-32-28-24-20-16-12-8-4/h42,46,74-76,81-95,100-107H,5-41,43-45,47-73H2,1-4H3,(H,108,109)/b46-42-. The van der Waals surface area contributed by atoms with Gasteiger partial charge < -0.3 is 88.7 Å². The molecule has 3 fully saturated rings. The zero-order valence-corrected chi connectivity index (χ0v) is 76.3. The van der Waals surface area contributed by atoms with Crippen molar-refractivity contribution in [3.05, 3.63) is 12.2 Å². The van der Waals surface area contributed by atoms with E-state index in [9.17, 15) is 74.6 Å². The quantitative estimate of drug-likeness (QED) is 0.00889. The third-order valence-corrected chi connectivity index (χ3v) is 25.0. The van der Waals surface area contributed by atoms with Crippen LogP contribution in [-0.2, 0) is 70.7 Å². The van der Waals surface area contributed by atoms with Gasteiger partial charge in [0.15, 0.2) is 24.8 Å². The van der Waals surface area contributed by atoms with Gasteiger partial charge in [0.2, 0.25) is 0 Å². The van der Waals surface area contributed by atoms with Crippen molar-refractivity contribution in [3.63, 3.8) is 0 Å². The molecule has 120 heavy (non-hydrogen) atoms. The van der Waals surface area contributed by atoms with E-state index in [1.165, 1.54) is 218 Å². The van der Waals surface area contributed by atoms with Gasteiger partial charge in [-0.05, 0) is 51.4 Å². The summed E-state index contributed by atoms with van der Waals surface area (Å²) in [5, 5.41) is 102. The van der Waals surface area contributed by atoms with Crippen molar-refractivity contribution in [2.45, 2.75) is 536 Å². The minimum absolute atomic E-state index is 0.00413. The summed E-state index contributed by atoms with van der Waals surface area (Å²) in [6.07, 6.45) is 33.2. The number of aliphatic hydroxyl groups excluding tert-OH is 9. The lowest BCUT2D eigenvalue weighted by Gasteiger charge is -2.50. The molecule has 0 aromatic carbocycles. The number of unbranched alkanes of at least 4 members (excludes halogenated alkanes) is 54. The molecule has 25 nitrogen and oxygen atoms in total. The zero-order chi connectivity index (χ0) is 87.5. The smallest absolute Gasteiger partial charge is 0.463 e. The molecule has 2 aliphatic heterocycles. The van der Waals surface area contributed by atoms with Crippen LogP contribution in [0.1, 0.15) is 432 Å². The summed E-state index contributed by atoms with van der Waals surface area (Å²) in [4.78, 5) is 66.6. The molecule has 18 atom stereocenters. The molecule has 26 heteroatoms. The second kappa shape index (κ2) is 73.2. The molecule has 0 spiro atoms. The fourth-order valence-electron chi connectivity index (χ4n) is 16.3. The van der Waals surface area contributed by atoms with Crippen LogP contribution in [0.3, 0.4) is 0 Å². The van der Waals surface area contributed by atoms with Crippen LogP contribution in [0.2, 0.25) is 0 Å². The number of ether oxygens (including phenoxy) is 8. The Kier molecular flexibility index (Phi) is 67.9. The Morgan fingerprint density at radius 3 is 1.00 bits per heavy atom. The predicted octanol–water partition coefficient (Wildman–Crippen LogP) is 18.7. The molecule has 2 heterocycles. The lowest BCUT2D eigenvalue weighted by molar-refractivity contribution is -0.360. The molecule has 18 unspecified atom stereocenters. The molecule has 0 radical (unpaired) electrons. The number of carbonyl (C=O) groups excluding carboxylic acids is 4. The maximum absolute atomic E-state index is 14.9. The average Bonchev–Trinajstić information content (AvgIpc) is 0.736. The highest BCUT2D eigenvalue weighted by Gasteiger charge is 2.60. The number of phosphoric acid groups is 1. The molecule has 706 valence electrons. The Morgan fingerprint density at radius 1 is 0.325 bits per heavy atom. The normalized spacial score (nSPS) is 24.7. The summed E-state index contributed by atoms with van der Waals surface area (Å²) in [5.74, 6) is -2.96. The van der Waals surface area contributed by atoms with Crippen LogP contribution in [0.5, 0.6) is 0 Å². The Balaban J connectivity index is 1.90. The van der Waals surface area contributed by atoms with E-state index in [2.05, 4.69) is 39.8 Å². The second-order valence-corrected chi connectivity index (χ2v) is 36.4.